The molecule has 0 atom stereocenters. The zero-order valence-electron chi connectivity index (χ0n) is 16.0. The summed E-state index contributed by atoms with van der Waals surface area (Å²) < 4.78 is 5.39. The van der Waals surface area contributed by atoms with Gasteiger partial charge in [0, 0.05) is 51.5 Å². The highest BCUT2D eigenvalue weighted by atomic mass is 16.5. The Labute approximate surface area is 151 Å². The topological polar surface area (TPSA) is 56.8 Å². The van der Waals surface area contributed by atoms with Crippen molar-refractivity contribution in [1.82, 2.24) is 15.5 Å². The van der Waals surface area contributed by atoms with Crippen LogP contribution in [0.5, 0.6) is 0 Å². The van der Waals surface area contributed by atoms with Crippen LogP contribution in [0.15, 0.2) is 24.3 Å². The van der Waals surface area contributed by atoms with Gasteiger partial charge >= 0.3 is 6.03 Å². The van der Waals surface area contributed by atoms with Gasteiger partial charge in [0.15, 0.2) is 0 Å². The van der Waals surface area contributed by atoms with Crippen molar-refractivity contribution in [2.24, 2.45) is 0 Å². The van der Waals surface area contributed by atoms with Gasteiger partial charge in [-0.3, -0.25) is 4.90 Å². The Balaban J connectivity index is 1.68. The van der Waals surface area contributed by atoms with Gasteiger partial charge in [-0.15, -0.1) is 0 Å². The van der Waals surface area contributed by atoms with Gasteiger partial charge in [0.2, 0.25) is 0 Å². The van der Waals surface area contributed by atoms with E-state index < -0.39 is 0 Å². The molecule has 2 rings (SSSR count). The average molecular weight is 348 g/mol. The van der Waals surface area contributed by atoms with Gasteiger partial charge in [-0.2, -0.15) is 0 Å². The van der Waals surface area contributed by atoms with Crippen LogP contribution in [0.25, 0.3) is 0 Å². The van der Waals surface area contributed by atoms with Crippen LogP contribution >= 0.6 is 0 Å². The second kappa shape index (κ2) is 9.06. The zero-order chi connectivity index (χ0) is 18.3. The van der Waals surface area contributed by atoms with E-state index in [1.54, 1.807) is 0 Å². The number of hydrogen-bond donors (Lipinski definition) is 2. The molecule has 1 aromatic rings. The summed E-state index contributed by atoms with van der Waals surface area (Å²) in [5.74, 6) is 0. The Kier molecular flexibility index (Phi) is 7.08. The number of carbonyl (C=O) groups is 1. The third-order valence-electron chi connectivity index (χ3n) is 4.70. The number of hydrogen-bond acceptors (Lipinski definition) is 4. The summed E-state index contributed by atoms with van der Waals surface area (Å²) in [4.78, 5) is 16.5. The van der Waals surface area contributed by atoms with Gasteiger partial charge < -0.3 is 20.3 Å². The lowest BCUT2D eigenvalue weighted by Crippen LogP contribution is -2.56. The van der Waals surface area contributed by atoms with Crippen LogP contribution in [-0.4, -0.2) is 70.0 Å². The summed E-state index contributed by atoms with van der Waals surface area (Å²) in [5.41, 5.74) is 2.34. The van der Waals surface area contributed by atoms with Crippen LogP contribution in [0.4, 0.5) is 10.5 Å². The molecule has 0 spiro atoms. The minimum absolute atomic E-state index is 0.0663. The molecule has 0 aliphatic carbocycles. The van der Waals surface area contributed by atoms with Crippen LogP contribution in [0.1, 0.15) is 19.4 Å². The van der Waals surface area contributed by atoms with Crippen LogP contribution in [-0.2, 0) is 11.2 Å². The van der Waals surface area contributed by atoms with E-state index in [1.165, 1.54) is 11.3 Å². The molecule has 1 aliphatic heterocycles. The molecular formula is C19H32N4O2. The third kappa shape index (κ3) is 6.21. The molecule has 0 unspecified atom stereocenters. The average Bonchev–Trinajstić information content (AvgIpc) is 2.61. The smallest absolute Gasteiger partial charge is 0.314 e. The fourth-order valence-corrected chi connectivity index (χ4v) is 2.92. The molecule has 140 valence electrons. The first-order chi connectivity index (χ1) is 11.9. The Bertz CT molecular complexity index is 537. The number of urea groups is 1. The predicted octanol–water partition coefficient (Wildman–Crippen LogP) is 1.71. The molecule has 0 aromatic heterocycles. The van der Waals surface area contributed by atoms with E-state index in [2.05, 4.69) is 58.5 Å². The first kappa shape index (κ1) is 19.5. The van der Waals surface area contributed by atoms with Crippen molar-refractivity contribution in [3.8, 4) is 0 Å². The van der Waals surface area contributed by atoms with E-state index in [1.807, 2.05) is 14.1 Å². The maximum atomic E-state index is 12.0. The summed E-state index contributed by atoms with van der Waals surface area (Å²) in [6.07, 6.45) is 0.827. The molecule has 6 heteroatoms. The highest BCUT2D eigenvalue weighted by Gasteiger charge is 2.28. The van der Waals surface area contributed by atoms with E-state index in [0.717, 1.165) is 32.7 Å². The van der Waals surface area contributed by atoms with Crippen molar-refractivity contribution in [2.75, 3.05) is 58.4 Å². The molecule has 0 bridgehead atoms. The number of carbonyl (C=O) groups excluding carboxylic acids is 1. The maximum absolute atomic E-state index is 12.0. The lowest BCUT2D eigenvalue weighted by atomic mass is 10.0. The van der Waals surface area contributed by atoms with E-state index in [0.29, 0.717) is 13.1 Å². The largest absolute Gasteiger partial charge is 0.379 e. The Morgan fingerprint density at radius 3 is 2.40 bits per heavy atom. The highest BCUT2D eigenvalue weighted by molar-refractivity contribution is 5.73. The fourth-order valence-electron chi connectivity index (χ4n) is 2.92. The van der Waals surface area contributed by atoms with Crippen LogP contribution < -0.4 is 15.5 Å². The van der Waals surface area contributed by atoms with Crippen LogP contribution in [0.3, 0.4) is 0 Å². The Hall–Kier alpha value is -1.79. The minimum atomic E-state index is -0.105. The highest BCUT2D eigenvalue weighted by Crippen LogP contribution is 2.15. The number of benzene rings is 1. The van der Waals surface area contributed by atoms with E-state index in [4.69, 9.17) is 4.74 Å². The number of amides is 2. The van der Waals surface area contributed by atoms with E-state index >= 15 is 0 Å². The van der Waals surface area contributed by atoms with Gasteiger partial charge in [-0.1, -0.05) is 12.1 Å². The minimum Gasteiger partial charge on any atom is -0.379 e. The maximum Gasteiger partial charge on any atom is 0.314 e. The molecule has 6 nitrogen and oxygen atoms in total. The van der Waals surface area contributed by atoms with Crippen LogP contribution in [0, 0.1) is 0 Å². The Morgan fingerprint density at radius 2 is 1.80 bits per heavy atom. The summed E-state index contributed by atoms with van der Waals surface area (Å²) in [6.45, 7) is 8.93. The van der Waals surface area contributed by atoms with Crippen LogP contribution in [0.2, 0.25) is 0 Å². The molecule has 1 aliphatic rings. The molecular weight excluding hydrogens is 316 g/mol. The van der Waals surface area contributed by atoms with Crippen molar-refractivity contribution >= 4 is 11.7 Å². The molecule has 1 fully saturated rings. The second-order valence-corrected chi connectivity index (χ2v) is 7.33. The van der Waals surface area contributed by atoms with Gasteiger partial charge in [0.05, 0.1) is 13.2 Å². The summed E-state index contributed by atoms with van der Waals surface area (Å²) in [5, 5.41) is 5.93. The summed E-state index contributed by atoms with van der Waals surface area (Å²) in [6, 6.07) is 8.30. The fraction of sp³-hybridized carbons (Fsp3) is 0.632. The summed E-state index contributed by atoms with van der Waals surface area (Å²) in [7, 11) is 4.05. The SMILES string of the molecule is CN(C)c1ccc(CCNC(=O)NCC(C)(C)N2CCOCC2)cc1. The lowest BCUT2D eigenvalue weighted by molar-refractivity contribution is -0.00874. The first-order valence-electron chi connectivity index (χ1n) is 8.99. The van der Waals surface area contributed by atoms with Gasteiger partial charge in [-0.25, -0.2) is 4.79 Å². The predicted molar refractivity (Wildman–Crippen MR) is 102 cm³/mol. The number of nitrogens with one attached hydrogen (secondary N) is 2. The van der Waals surface area contributed by atoms with E-state index in [9.17, 15) is 4.79 Å². The van der Waals surface area contributed by atoms with Crippen molar-refractivity contribution < 1.29 is 9.53 Å². The monoisotopic (exact) mass is 348 g/mol. The molecule has 0 radical (unpaired) electrons. The standard InChI is InChI=1S/C19H32N4O2/c1-19(2,23-11-13-25-14-12-23)15-21-18(24)20-10-9-16-5-7-17(8-6-16)22(3)4/h5-8H,9-15H2,1-4H3,(H2,20,21,24). The molecule has 25 heavy (non-hydrogen) atoms. The van der Waals surface area contributed by atoms with Crippen molar-refractivity contribution in [3.05, 3.63) is 29.8 Å². The Morgan fingerprint density at radius 1 is 1.16 bits per heavy atom. The quantitative estimate of drug-likeness (QED) is 0.788. The van der Waals surface area contributed by atoms with E-state index in [-0.39, 0.29) is 11.6 Å². The molecule has 1 saturated heterocycles. The lowest BCUT2D eigenvalue weighted by Gasteiger charge is -2.40. The van der Waals surface area contributed by atoms with Gasteiger partial charge in [0.25, 0.3) is 0 Å². The third-order valence-corrected chi connectivity index (χ3v) is 4.70. The molecule has 1 aromatic carbocycles. The number of rotatable bonds is 7. The number of morpholine rings is 1. The normalized spacial score (nSPS) is 15.7. The van der Waals surface area contributed by atoms with Crippen molar-refractivity contribution in [3.63, 3.8) is 0 Å². The number of nitrogens with zero attached hydrogens (tertiary/aromatic N) is 2. The zero-order valence-corrected chi connectivity index (χ0v) is 16.0. The van der Waals surface area contributed by atoms with Crippen molar-refractivity contribution in [1.29, 1.82) is 0 Å². The van der Waals surface area contributed by atoms with Gasteiger partial charge in [-0.05, 0) is 38.0 Å². The summed E-state index contributed by atoms with van der Waals surface area (Å²) >= 11 is 0. The molecule has 2 amide bonds. The number of ether oxygens (including phenoxy) is 1. The first-order valence-corrected chi connectivity index (χ1v) is 8.99. The van der Waals surface area contributed by atoms with Gasteiger partial charge in [0.1, 0.15) is 0 Å². The second-order valence-electron chi connectivity index (χ2n) is 7.33. The number of anilines is 1. The molecule has 1 heterocycles. The van der Waals surface area contributed by atoms with Crippen molar-refractivity contribution in [2.45, 2.75) is 25.8 Å². The molecule has 0 saturated carbocycles. The molecule has 2 N–H and O–H groups in total.